The SMILES string of the molecule is CSCOCOCOC(C(=O)OC1CC2(O)C(OC(=O)c3ccccc3)C3C4(O)COC4CC(O)[C@@]3(C)C(=O)C(O)C(=C1C)C2(C)C)C(C)C. The van der Waals surface area contributed by atoms with E-state index in [1.54, 1.807) is 52.8 Å². The second-order valence-electron chi connectivity index (χ2n) is 14.9. The van der Waals surface area contributed by atoms with Crippen molar-refractivity contribution in [3.8, 4) is 0 Å². The molecule has 0 radical (unpaired) electrons. The zero-order valence-electron chi connectivity index (χ0n) is 29.6. The van der Waals surface area contributed by atoms with Gasteiger partial charge in [0.1, 0.15) is 29.5 Å². The molecule has 14 heteroatoms. The third kappa shape index (κ3) is 6.34. The Balaban J connectivity index is 1.59. The van der Waals surface area contributed by atoms with Crippen LogP contribution in [-0.2, 0) is 38.0 Å². The Morgan fingerprint density at radius 1 is 1.04 bits per heavy atom. The zero-order chi connectivity index (χ0) is 36.8. The van der Waals surface area contributed by atoms with Gasteiger partial charge in [0.25, 0.3) is 0 Å². The molecule has 1 aromatic rings. The van der Waals surface area contributed by atoms with Gasteiger partial charge in [-0.15, -0.1) is 11.8 Å². The molecule has 9 unspecified atom stereocenters. The largest absolute Gasteiger partial charge is 0.456 e. The van der Waals surface area contributed by atoms with Crippen LogP contribution in [0.15, 0.2) is 41.5 Å². The van der Waals surface area contributed by atoms with Gasteiger partial charge in [-0.3, -0.25) is 4.79 Å². The Kier molecular flexibility index (Phi) is 11.3. The van der Waals surface area contributed by atoms with Crippen molar-refractivity contribution in [2.24, 2.45) is 22.7 Å². The summed E-state index contributed by atoms with van der Waals surface area (Å²) in [6, 6.07) is 8.05. The van der Waals surface area contributed by atoms with Crippen molar-refractivity contribution in [2.45, 2.75) is 102 Å². The first-order valence-electron chi connectivity index (χ1n) is 16.9. The molecular weight excluding hydrogens is 672 g/mol. The molecule has 1 aromatic carbocycles. The van der Waals surface area contributed by atoms with Crippen LogP contribution in [0.5, 0.6) is 0 Å². The fourth-order valence-corrected chi connectivity index (χ4v) is 8.68. The standard InChI is InChI=1S/C36H50O13S/c1-19(2)27(47-17-44-16-45-18-50-7)32(41)48-22-14-36(43)30(49-31(40)21-11-9-8-10-12-21)28-34(6,23(37)13-24-35(28,42)15-46-24)29(39)26(38)25(20(22)3)33(36,4)5/h8-12,19,22-24,26-28,30,37-38,42-43H,13-18H2,1-7H3/t22?,23?,24?,26?,27?,28?,30?,34-,35?,36?/m1/s1. The monoisotopic (exact) mass is 722 g/mol. The van der Waals surface area contributed by atoms with E-state index in [0.29, 0.717) is 11.5 Å². The van der Waals surface area contributed by atoms with Crippen molar-refractivity contribution < 1.29 is 63.2 Å². The Morgan fingerprint density at radius 2 is 1.72 bits per heavy atom. The highest BCUT2D eigenvalue weighted by molar-refractivity contribution is 7.98. The predicted molar refractivity (Wildman–Crippen MR) is 179 cm³/mol. The van der Waals surface area contributed by atoms with Gasteiger partial charge in [-0.2, -0.15) is 0 Å². The van der Waals surface area contributed by atoms with Crippen LogP contribution in [0.1, 0.15) is 64.7 Å². The topological polar surface area (TPSA) is 188 Å². The van der Waals surface area contributed by atoms with Crippen molar-refractivity contribution >= 4 is 29.5 Å². The number of ether oxygens (including phenoxy) is 6. The van der Waals surface area contributed by atoms with Gasteiger partial charge in [-0.05, 0) is 49.3 Å². The molecule has 5 rings (SSSR count). The lowest BCUT2D eigenvalue weighted by molar-refractivity contribution is -0.343. The highest BCUT2D eigenvalue weighted by Gasteiger charge is 2.76. The smallest absolute Gasteiger partial charge is 0.338 e. The minimum Gasteiger partial charge on any atom is -0.456 e. The number of aliphatic hydroxyl groups excluding tert-OH is 2. The molecule has 0 aromatic heterocycles. The molecular formula is C36H50O13S. The van der Waals surface area contributed by atoms with Gasteiger partial charge in [0.05, 0.1) is 35.7 Å². The summed E-state index contributed by atoms with van der Waals surface area (Å²) >= 11 is 1.48. The van der Waals surface area contributed by atoms with Crippen LogP contribution >= 0.6 is 11.8 Å². The quantitative estimate of drug-likeness (QED) is 0.107. The van der Waals surface area contributed by atoms with Gasteiger partial charge in [-0.1, -0.05) is 45.9 Å². The van der Waals surface area contributed by atoms with E-state index in [4.69, 9.17) is 28.4 Å². The molecule has 1 aliphatic heterocycles. The number of hydrogen-bond donors (Lipinski definition) is 4. The van der Waals surface area contributed by atoms with Crippen LogP contribution in [0.2, 0.25) is 0 Å². The van der Waals surface area contributed by atoms with E-state index >= 15 is 0 Å². The lowest BCUT2D eigenvalue weighted by Crippen LogP contribution is -2.81. The van der Waals surface area contributed by atoms with Crippen molar-refractivity contribution in [3.05, 3.63) is 47.0 Å². The molecule has 3 aliphatic carbocycles. The summed E-state index contributed by atoms with van der Waals surface area (Å²) < 4.78 is 34.2. The molecule has 0 spiro atoms. The van der Waals surface area contributed by atoms with Crippen LogP contribution < -0.4 is 0 Å². The van der Waals surface area contributed by atoms with Gasteiger partial charge >= 0.3 is 11.9 Å². The highest BCUT2D eigenvalue weighted by atomic mass is 32.2. The number of fused-ring (bicyclic) bond motifs is 5. The lowest BCUT2D eigenvalue weighted by atomic mass is 9.44. The number of benzene rings is 1. The maximum absolute atomic E-state index is 14.6. The second-order valence-corrected chi connectivity index (χ2v) is 15.7. The summed E-state index contributed by atoms with van der Waals surface area (Å²) in [5.74, 6) is -3.82. The Bertz CT molecular complexity index is 1460. The number of carbonyl (C=O) groups is 3. The van der Waals surface area contributed by atoms with Crippen LogP contribution in [0.25, 0.3) is 0 Å². The van der Waals surface area contributed by atoms with Crippen molar-refractivity contribution in [1.82, 2.24) is 0 Å². The summed E-state index contributed by atoms with van der Waals surface area (Å²) in [4.78, 5) is 42.1. The first-order chi connectivity index (χ1) is 23.5. The fraction of sp³-hybridized carbons (Fsp3) is 0.694. The normalized spacial score (nSPS) is 36.8. The molecule has 13 nitrogen and oxygen atoms in total. The van der Waals surface area contributed by atoms with Crippen molar-refractivity contribution in [3.63, 3.8) is 0 Å². The molecule has 1 saturated heterocycles. The van der Waals surface area contributed by atoms with E-state index in [2.05, 4.69) is 0 Å². The van der Waals surface area contributed by atoms with Crippen LogP contribution in [-0.4, -0.2) is 118 Å². The molecule has 278 valence electrons. The summed E-state index contributed by atoms with van der Waals surface area (Å²) in [5.41, 5.74) is -6.85. The number of aliphatic hydroxyl groups is 4. The van der Waals surface area contributed by atoms with Crippen LogP contribution in [0, 0.1) is 22.7 Å². The number of hydrogen-bond acceptors (Lipinski definition) is 14. The van der Waals surface area contributed by atoms with E-state index in [0.717, 1.165) is 0 Å². The van der Waals surface area contributed by atoms with Crippen LogP contribution in [0.4, 0.5) is 0 Å². The summed E-state index contributed by atoms with van der Waals surface area (Å²) in [5, 5.41) is 48.9. The minimum absolute atomic E-state index is 0.0430. The maximum atomic E-state index is 14.6. The molecule has 4 aliphatic rings. The average molecular weight is 723 g/mol. The van der Waals surface area contributed by atoms with Crippen molar-refractivity contribution in [2.75, 3.05) is 32.4 Å². The molecule has 2 bridgehead atoms. The Hall–Kier alpha value is -2.40. The number of rotatable bonds is 12. The van der Waals surface area contributed by atoms with Gasteiger partial charge in [0.15, 0.2) is 25.5 Å². The predicted octanol–water partition coefficient (Wildman–Crippen LogP) is 2.37. The van der Waals surface area contributed by atoms with E-state index < -0.39 is 82.3 Å². The Morgan fingerprint density at radius 3 is 2.32 bits per heavy atom. The molecule has 10 atom stereocenters. The maximum Gasteiger partial charge on any atom is 0.338 e. The Labute approximate surface area is 296 Å². The fourth-order valence-electron chi connectivity index (χ4n) is 8.45. The third-order valence-electron chi connectivity index (χ3n) is 11.4. The second kappa shape index (κ2) is 14.6. The van der Waals surface area contributed by atoms with Gasteiger partial charge in [0.2, 0.25) is 0 Å². The van der Waals surface area contributed by atoms with Gasteiger partial charge in [-0.25, -0.2) is 9.59 Å². The summed E-state index contributed by atoms with van der Waals surface area (Å²) in [6.07, 6.45) is -6.80. The lowest BCUT2D eigenvalue weighted by Gasteiger charge is -2.66. The number of Topliss-reactive ketones (excluding diaryl/α,β-unsaturated/α-hetero) is 1. The first kappa shape index (κ1) is 38.8. The number of carbonyl (C=O) groups excluding carboxylic acids is 3. The van der Waals surface area contributed by atoms with E-state index in [1.165, 1.54) is 30.8 Å². The van der Waals surface area contributed by atoms with Gasteiger partial charge < -0.3 is 48.8 Å². The first-order valence-corrected chi connectivity index (χ1v) is 18.3. The molecule has 50 heavy (non-hydrogen) atoms. The van der Waals surface area contributed by atoms with E-state index in [1.807, 2.05) is 6.26 Å². The average Bonchev–Trinajstić information content (AvgIpc) is 3.06. The summed E-state index contributed by atoms with van der Waals surface area (Å²) in [6.45, 7) is 9.21. The highest BCUT2D eigenvalue weighted by Crippen LogP contribution is 2.63. The molecule has 0 amide bonds. The zero-order valence-corrected chi connectivity index (χ0v) is 30.4. The number of thioether (sulfide) groups is 1. The number of ketones is 1. The van der Waals surface area contributed by atoms with E-state index in [9.17, 15) is 34.8 Å². The molecule has 2 saturated carbocycles. The van der Waals surface area contributed by atoms with Crippen LogP contribution in [0.3, 0.4) is 0 Å². The number of esters is 2. The molecule has 4 N–H and O–H groups in total. The third-order valence-corrected chi connectivity index (χ3v) is 11.8. The van der Waals surface area contributed by atoms with Crippen molar-refractivity contribution in [1.29, 1.82) is 0 Å². The minimum atomic E-state index is -2.18. The molecule has 1 heterocycles. The van der Waals surface area contributed by atoms with Gasteiger partial charge in [0, 0.05) is 24.2 Å². The van der Waals surface area contributed by atoms with E-state index in [-0.39, 0.29) is 50.1 Å². The summed E-state index contributed by atoms with van der Waals surface area (Å²) in [7, 11) is 0. The molecule has 3 fully saturated rings.